The van der Waals surface area contributed by atoms with Crippen molar-refractivity contribution in [3.63, 3.8) is 0 Å². The van der Waals surface area contributed by atoms with Gasteiger partial charge in [0.1, 0.15) is 0 Å². The molecule has 0 fully saturated rings. The predicted molar refractivity (Wildman–Crippen MR) is 93.8 cm³/mol. The van der Waals surface area contributed by atoms with Gasteiger partial charge in [0.05, 0.1) is 21.2 Å². The maximum absolute atomic E-state index is 10.2. The van der Waals surface area contributed by atoms with Gasteiger partial charge in [0.2, 0.25) is 0 Å². The Bertz CT molecular complexity index is 612. The fourth-order valence-corrected chi connectivity index (χ4v) is 1.42. The molecular formula is C12H20N8O5. The van der Waals surface area contributed by atoms with Crippen molar-refractivity contribution in [1.82, 2.24) is 0 Å². The molecule has 0 atom stereocenters. The minimum absolute atomic E-state index is 0. The lowest BCUT2D eigenvalue weighted by Crippen LogP contribution is -2.06. The van der Waals surface area contributed by atoms with Crippen molar-refractivity contribution < 1.29 is 15.3 Å². The van der Waals surface area contributed by atoms with Crippen LogP contribution in [0, 0.1) is 20.2 Å². The molecule has 0 bridgehead atoms. The molecule has 0 aliphatic carbocycles. The zero-order chi connectivity index (χ0) is 18.5. The van der Waals surface area contributed by atoms with Crippen LogP contribution >= 0.6 is 0 Å². The zero-order valence-electron chi connectivity index (χ0n) is 13.0. The monoisotopic (exact) mass is 356 g/mol. The summed E-state index contributed by atoms with van der Waals surface area (Å²) in [6, 6.07) is 11.9. The Morgan fingerprint density at radius 1 is 0.760 bits per heavy atom. The van der Waals surface area contributed by atoms with Crippen molar-refractivity contribution in [3.8, 4) is 0 Å². The Labute approximate surface area is 142 Å². The number of rotatable bonds is 4. The third-order valence-electron chi connectivity index (χ3n) is 2.45. The quantitative estimate of drug-likeness (QED) is 0.238. The van der Waals surface area contributed by atoms with Crippen molar-refractivity contribution in [1.29, 1.82) is 0 Å². The van der Waals surface area contributed by atoms with E-state index in [9.17, 15) is 20.2 Å². The molecule has 13 heteroatoms. The van der Waals surface area contributed by atoms with Crippen LogP contribution in [0.2, 0.25) is 0 Å². The molecule has 12 N–H and O–H groups in total. The Hall–Kier alpha value is -3.36. The molecule has 2 aromatic carbocycles. The number of hydrogen-bond acceptors (Lipinski definition) is 10. The topological polar surface area (TPSA) is 246 Å². The van der Waals surface area contributed by atoms with Gasteiger partial charge in [-0.15, -0.1) is 0 Å². The fraction of sp³-hybridized carbons (Fsp3) is 0. The molecular weight excluding hydrogens is 336 g/mol. The molecule has 13 nitrogen and oxygen atoms in total. The molecule has 0 heterocycles. The van der Waals surface area contributed by atoms with E-state index >= 15 is 0 Å². The molecule has 0 unspecified atom stereocenters. The van der Waals surface area contributed by atoms with Crippen LogP contribution < -0.4 is 34.2 Å². The smallest absolute Gasteiger partial charge is 0.271 e. The van der Waals surface area contributed by atoms with Crippen molar-refractivity contribution >= 4 is 22.7 Å². The summed E-state index contributed by atoms with van der Waals surface area (Å²) in [5.41, 5.74) is 5.75. The van der Waals surface area contributed by atoms with E-state index in [1.54, 1.807) is 24.3 Å². The highest BCUT2D eigenvalue weighted by Crippen LogP contribution is 2.16. The molecule has 0 saturated carbocycles. The van der Waals surface area contributed by atoms with Gasteiger partial charge in [-0.25, -0.2) is 0 Å². The summed E-state index contributed by atoms with van der Waals surface area (Å²) in [7, 11) is 0. The second-order valence-corrected chi connectivity index (χ2v) is 3.90. The van der Waals surface area contributed by atoms with Crippen LogP contribution in [-0.4, -0.2) is 15.3 Å². The first-order valence-corrected chi connectivity index (χ1v) is 6.23. The number of nitro groups is 2. The van der Waals surface area contributed by atoms with Crippen LogP contribution in [0.4, 0.5) is 22.7 Å². The Morgan fingerprint density at radius 3 is 1.32 bits per heavy atom. The molecule has 0 aliphatic heterocycles. The SMILES string of the molecule is NN.NNc1cccc([N+](=O)[O-])c1.NNc1cccc([N+](=O)[O-])c1.O. The lowest BCUT2D eigenvalue weighted by atomic mass is 10.3. The maximum atomic E-state index is 10.2. The highest BCUT2D eigenvalue weighted by molar-refractivity contribution is 5.50. The highest BCUT2D eigenvalue weighted by Gasteiger charge is 2.04. The molecule has 0 spiro atoms. The minimum Gasteiger partial charge on any atom is -0.412 e. The summed E-state index contributed by atoms with van der Waals surface area (Å²) < 4.78 is 0. The summed E-state index contributed by atoms with van der Waals surface area (Å²) in [6.45, 7) is 0. The second kappa shape index (κ2) is 13.1. The van der Waals surface area contributed by atoms with Crippen molar-refractivity contribution in [2.45, 2.75) is 0 Å². The van der Waals surface area contributed by atoms with Crippen molar-refractivity contribution in [2.75, 3.05) is 10.9 Å². The number of nitrogens with two attached hydrogens (primary N) is 4. The molecule has 0 saturated heterocycles. The van der Waals surface area contributed by atoms with Gasteiger partial charge in [0, 0.05) is 24.3 Å². The van der Waals surface area contributed by atoms with E-state index < -0.39 is 9.85 Å². The summed E-state index contributed by atoms with van der Waals surface area (Å²) in [6.07, 6.45) is 0. The second-order valence-electron chi connectivity index (χ2n) is 3.90. The predicted octanol–water partition coefficient (Wildman–Crippen LogP) is -0.245. The van der Waals surface area contributed by atoms with Gasteiger partial charge < -0.3 is 16.3 Å². The Morgan fingerprint density at radius 2 is 1.08 bits per heavy atom. The molecule has 0 aliphatic rings. The molecule has 2 aromatic rings. The van der Waals surface area contributed by atoms with Crippen LogP contribution in [-0.2, 0) is 0 Å². The summed E-state index contributed by atoms with van der Waals surface area (Å²) in [5, 5.41) is 20.4. The molecule has 0 amide bonds. The lowest BCUT2D eigenvalue weighted by Gasteiger charge is -1.96. The van der Waals surface area contributed by atoms with Gasteiger partial charge >= 0.3 is 0 Å². The first kappa shape index (κ1) is 23.9. The number of hydrazine groups is 3. The van der Waals surface area contributed by atoms with Gasteiger partial charge in [-0.1, -0.05) is 12.1 Å². The van der Waals surface area contributed by atoms with Gasteiger partial charge in [-0.05, 0) is 12.1 Å². The standard InChI is InChI=1S/2C6H7N3O2.H4N2.H2O/c2*7-8-5-2-1-3-6(4-5)9(10)11;1-2;/h2*1-4,8H,7H2;1-2H2;1H2. The van der Waals surface area contributed by atoms with Gasteiger partial charge in [0.25, 0.3) is 11.4 Å². The number of benzene rings is 2. The van der Waals surface area contributed by atoms with Gasteiger partial charge in [-0.3, -0.25) is 43.6 Å². The van der Waals surface area contributed by atoms with E-state index in [0.717, 1.165) is 0 Å². The average molecular weight is 356 g/mol. The minimum atomic E-state index is -0.471. The number of anilines is 2. The Balaban J connectivity index is 0. The average Bonchev–Trinajstić information content (AvgIpc) is 2.64. The summed E-state index contributed by atoms with van der Waals surface area (Å²) >= 11 is 0. The number of hydrogen-bond donors (Lipinski definition) is 6. The number of nitrogen functional groups attached to an aromatic ring is 2. The largest absolute Gasteiger partial charge is 0.412 e. The molecule has 0 aromatic heterocycles. The fourth-order valence-electron chi connectivity index (χ4n) is 1.42. The van der Waals surface area contributed by atoms with E-state index in [1.807, 2.05) is 0 Å². The van der Waals surface area contributed by atoms with Crippen LogP contribution in [0.3, 0.4) is 0 Å². The summed E-state index contributed by atoms with van der Waals surface area (Å²) in [5.74, 6) is 18.1. The lowest BCUT2D eigenvalue weighted by molar-refractivity contribution is -0.385. The van der Waals surface area contributed by atoms with Crippen molar-refractivity contribution in [2.24, 2.45) is 23.4 Å². The molecule has 25 heavy (non-hydrogen) atoms. The van der Waals surface area contributed by atoms with Crippen LogP contribution in [0.1, 0.15) is 0 Å². The van der Waals surface area contributed by atoms with Gasteiger partial charge in [-0.2, -0.15) is 0 Å². The normalized spacial score (nSPS) is 8.32. The number of nitrogens with one attached hydrogen (secondary N) is 2. The highest BCUT2D eigenvalue weighted by atomic mass is 16.6. The summed E-state index contributed by atoms with van der Waals surface area (Å²) in [4.78, 5) is 19.5. The molecule has 2 rings (SSSR count). The van der Waals surface area contributed by atoms with Crippen molar-refractivity contribution in [3.05, 3.63) is 68.8 Å². The van der Waals surface area contributed by atoms with E-state index in [-0.39, 0.29) is 16.9 Å². The van der Waals surface area contributed by atoms with E-state index in [4.69, 9.17) is 11.7 Å². The maximum Gasteiger partial charge on any atom is 0.271 e. The van der Waals surface area contributed by atoms with E-state index in [0.29, 0.717) is 11.4 Å². The van der Waals surface area contributed by atoms with Gasteiger partial charge in [0.15, 0.2) is 0 Å². The molecule has 138 valence electrons. The van der Waals surface area contributed by atoms with Crippen LogP contribution in [0.5, 0.6) is 0 Å². The third-order valence-corrected chi connectivity index (χ3v) is 2.45. The number of nitrogens with zero attached hydrogens (tertiary/aromatic N) is 2. The first-order valence-electron chi connectivity index (χ1n) is 6.23. The number of nitro benzene ring substituents is 2. The zero-order valence-corrected chi connectivity index (χ0v) is 13.0. The van der Waals surface area contributed by atoms with Crippen LogP contribution in [0.15, 0.2) is 48.5 Å². The first-order chi connectivity index (χ1) is 11.5. The Kier molecular flexibility index (Phi) is 12.5. The molecule has 0 radical (unpaired) electrons. The van der Waals surface area contributed by atoms with Crippen LogP contribution in [0.25, 0.3) is 0 Å². The van der Waals surface area contributed by atoms with E-state index in [2.05, 4.69) is 22.5 Å². The number of non-ortho nitro benzene ring substituents is 2. The van der Waals surface area contributed by atoms with E-state index in [1.165, 1.54) is 24.3 Å². The third kappa shape index (κ3) is 8.74.